The van der Waals surface area contributed by atoms with Crippen LogP contribution in [0, 0.1) is 5.92 Å². The van der Waals surface area contributed by atoms with Crippen LogP contribution in [0.15, 0.2) is 0 Å². The quantitative estimate of drug-likeness (QED) is 0.815. The van der Waals surface area contributed by atoms with Gasteiger partial charge in [0, 0.05) is 32.2 Å². The Morgan fingerprint density at radius 1 is 0.895 bits per heavy atom. The highest BCUT2D eigenvalue weighted by molar-refractivity contribution is 4.85. The van der Waals surface area contributed by atoms with Gasteiger partial charge in [0.25, 0.3) is 0 Å². The van der Waals surface area contributed by atoms with Gasteiger partial charge >= 0.3 is 0 Å². The molecule has 0 aliphatic carbocycles. The zero-order valence-corrected chi connectivity index (χ0v) is 12.1. The molecule has 4 nitrogen and oxygen atoms in total. The Balaban J connectivity index is 1.33. The minimum atomic E-state index is 0.835. The number of likely N-dealkylation sites (tertiary alicyclic amines) is 1. The van der Waals surface area contributed by atoms with Crippen molar-refractivity contribution in [3.63, 3.8) is 0 Å². The second-order valence-electron chi connectivity index (χ2n) is 6.34. The molecule has 19 heavy (non-hydrogen) atoms. The SMILES string of the molecule is C1CNC(C2CCN(CCN3CCOCC3)CC2)C1. The van der Waals surface area contributed by atoms with E-state index in [4.69, 9.17) is 4.74 Å². The number of rotatable bonds is 4. The molecule has 3 aliphatic rings. The van der Waals surface area contributed by atoms with Gasteiger partial charge in [-0.15, -0.1) is 0 Å². The maximum Gasteiger partial charge on any atom is 0.0594 e. The van der Waals surface area contributed by atoms with Gasteiger partial charge in [-0.05, 0) is 51.2 Å². The summed E-state index contributed by atoms with van der Waals surface area (Å²) in [6, 6.07) is 0.835. The summed E-state index contributed by atoms with van der Waals surface area (Å²) < 4.78 is 5.40. The molecule has 0 amide bonds. The monoisotopic (exact) mass is 267 g/mol. The van der Waals surface area contributed by atoms with E-state index < -0.39 is 0 Å². The van der Waals surface area contributed by atoms with E-state index in [1.54, 1.807) is 0 Å². The highest BCUT2D eigenvalue weighted by Gasteiger charge is 2.28. The fraction of sp³-hybridized carbons (Fsp3) is 1.00. The first-order valence-electron chi connectivity index (χ1n) is 8.18. The number of ether oxygens (including phenoxy) is 1. The van der Waals surface area contributed by atoms with Crippen LogP contribution in [0.3, 0.4) is 0 Å². The van der Waals surface area contributed by atoms with Crippen LogP contribution in [0.1, 0.15) is 25.7 Å². The Kier molecular flexibility index (Phi) is 5.10. The van der Waals surface area contributed by atoms with Crippen molar-refractivity contribution in [3.05, 3.63) is 0 Å². The molecule has 3 rings (SSSR count). The van der Waals surface area contributed by atoms with Gasteiger partial charge in [0.05, 0.1) is 13.2 Å². The van der Waals surface area contributed by atoms with Crippen LogP contribution in [0.5, 0.6) is 0 Å². The maximum absolute atomic E-state index is 5.40. The second kappa shape index (κ2) is 7.02. The number of hydrogen-bond acceptors (Lipinski definition) is 4. The van der Waals surface area contributed by atoms with Gasteiger partial charge in [0.15, 0.2) is 0 Å². The van der Waals surface area contributed by atoms with E-state index in [0.29, 0.717) is 0 Å². The largest absolute Gasteiger partial charge is 0.379 e. The van der Waals surface area contributed by atoms with E-state index in [-0.39, 0.29) is 0 Å². The molecule has 3 aliphatic heterocycles. The van der Waals surface area contributed by atoms with Crippen molar-refractivity contribution in [1.82, 2.24) is 15.1 Å². The predicted molar refractivity (Wildman–Crippen MR) is 77.4 cm³/mol. The van der Waals surface area contributed by atoms with Gasteiger partial charge in [0.1, 0.15) is 0 Å². The van der Waals surface area contributed by atoms with Crippen LogP contribution in [0.4, 0.5) is 0 Å². The Morgan fingerprint density at radius 3 is 2.21 bits per heavy atom. The lowest BCUT2D eigenvalue weighted by molar-refractivity contribution is 0.0310. The van der Waals surface area contributed by atoms with Crippen molar-refractivity contribution in [2.45, 2.75) is 31.7 Å². The van der Waals surface area contributed by atoms with E-state index in [9.17, 15) is 0 Å². The molecule has 0 bridgehead atoms. The highest BCUT2D eigenvalue weighted by Crippen LogP contribution is 2.25. The summed E-state index contributed by atoms with van der Waals surface area (Å²) >= 11 is 0. The van der Waals surface area contributed by atoms with Gasteiger partial charge in [-0.25, -0.2) is 0 Å². The number of morpholine rings is 1. The van der Waals surface area contributed by atoms with Crippen molar-refractivity contribution in [2.24, 2.45) is 5.92 Å². The third kappa shape index (κ3) is 3.91. The minimum absolute atomic E-state index is 0.835. The standard InChI is InChI=1S/C15H29N3O/c1-2-15(16-5-1)14-3-6-17(7-4-14)8-9-18-10-12-19-13-11-18/h14-16H,1-13H2. The van der Waals surface area contributed by atoms with Crippen molar-refractivity contribution in [3.8, 4) is 0 Å². The average molecular weight is 267 g/mol. The van der Waals surface area contributed by atoms with Crippen molar-refractivity contribution < 1.29 is 4.74 Å². The molecule has 4 heteroatoms. The van der Waals surface area contributed by atoms with Gasteiger partial charge in [-0.2, -0.15) is 0 Å². The van der Waals surface area contributed by atoms with Crippen LogP contribution in [0.25, 0.3) is 0 Å². The van der Waals surface area contributed by atoms with Crippen LogP contribution < -0.4 is 5.32 Å². The Morgan fingerprint density at radius 2 is 1.58 bits per heavy atom. The van der Waals surface area contributed by atoms with E-state index in [1.807, 2.05) is 0 Å². The van der Waals surface area contributed by atoms with Crippen molar-refractivity contribution in [2.75, 3.05) is 59.0 Å². The summed E-state index contributed by atoms with van der Waals surface area (Å²) in [5, 5.41) is 3.68. The molecule has 0 saturated carbocycles. The smallest absolute Gasteiger partial charge is 0.0594 e. The molecular formula is C15H29N3O. The lowest BCUT2D eigenvalue weighted by Gasteiger charge is -2.36. The minimum Gasteiger partial charge on any atom is -0.379 e. The highest BCUT2D eigenvalue weighted by atomic mass is 16.5. The predicted octanol–water partition coefficient (Wildman–Crippen LogP) is 0.783. The van der Waals surface area contributed by atoms with Gasteiger partial charge in [-0.1, -0.05) is 0 Å². The summed E-state index contributed by atoms with van der Waals surface area (Å²) in [6.07, 6.45) is 5.61. The number of nitrogens with zero attached hydrogens (tertiary/aromatic N) is 2. The van der Waals surface area contributed by atoms with Gasteiger partial charge < -0.3 is 15.0 Å². The van der Waals surface area contributed by atoms with Crippen molar-refractivity contribution >= 4 is 0 Å². The molecule has 1 unspecified atom stereocenters. The lowest BCUT2D eigenvalue weighted by Crippen LogP contribution is -2.45. The topological polar surface area (TPSA) is 27.7 Å². The zero-order valence-electron chi connectivity index (χ0n) is 12.1. The van der Waals surface area contributed by atoms with E-state index >= 15 is 0 Å². The van der Waals surface area contributed by atoms with E-state index in [1.165, 1.54) is 58.4 Å². The summed E-state index contributed by atoms with van der Waals surface area (Å²) in [6.45, 7) is 10.5. The number of piperidine rings is 1. The summed E-state index contributed by atoms with van der Waals surface area (Å²) in [5.41, 5.74) is 0. The summed E-state index contributed by atoms with van der Waals surface area (Å²) in [5.74, 6) is 0.946. The normalized spacial score (nSPS) is 31.9. The van der Waals surface area contributed by atoms with Gasteiger partial charge in [0.2, 0.25) is 0 Å². The number of hydrogen-bond donors (Lipinski definition) is 1. The molecule has 3 fully saturated rings. The molecule has 110 valence electrons. The Labute approximate surface area is 117 Å². The molecule has 0 aromatic carbocycles. The molecule has 0 spiro atoms. The molecule has 0 radical (unpaired) electrons. The first kappa shape index (κ1) is 13.8. The third-order valence-corrected chi connectivity index (χ3v) is 5.14. The second-order valence-corrected chi connectivity index (χ2v) is 6.34. The molecular weight excluding hydrogens is 238 g/mol. The Bertz CT molecular complexity index is 254. The van der Waals surface area contributed by atoms with Crippen LogP contribution in [-0.2, 0) is 4.74 Å². The van der Waals surface area contributed by atoms with E-state index in [0.717, 1.165) is 38.3 Å². The average Bonchev–Trinajstić information content (AvgIpc) is 3.01. The molecule has 1 atom stereocenters. The van der Waals surface area contributed by atoms with Crippen LogP contribution in [-0.4, -0.2) is 74.9 Å². The third-order valence-electron chi connectivity index (χ3n) is 5.14. The van der Waals surface area contributed by atoms with Gasteiger partial charge in [-0.3, -0.25) is 4.90 Å². The van der Waals surface area contributed by atoms with Crippen molar-refractivity contribution in [1.29, 1.82) is 0 Å². The first-order chi connectivity index (χ1) is 9.42. The van der Waals surface area contributed by atoms with Crippen LogP contribution in [0.2, 0.25) is 0 Å². The maximum atomic E-state index is 5.40. The fourth-order valence-corrected chi connectivity index (χ4v) is 3.80. The molecule has 3 heterocycles. The molecule has 3 saturated heterocycles. The lowest BCUT2D eigenvalue weighted by atomic mass is 9.88. The molecule has 0 aromatic heterocycles. The molecule has 1 N–H and O–H groups in total. The zero-order chi connectivity index (χ0) is 12.9. The summed E-state index contributed by atoms with van der Waals surface area (Å²) in [4.78, 5) is 5.22. The number of nitrogens with one attached hydrogen (secondary N) is 1. The fourth-order valence-electron chi connectivity index (χ4n) is 3.80. The first-order valence-corrected chi connectivity index (χ1v) is 8.18. The summed E-state index contributed by atoms with van der Waals surface area (Å²) in [7, 11) is 0. The Hall–Kier alpha value is -0.160. The van der Waals surface area contributed by atoms with E-state index in [2.05, 4.69) is 15.1 Å². The molecule has 0 aromatic rings. The van der Waals surface area contributed by atoms with Crippen LogP contribution >= 0.6 is 0 Å².